The highest BCUT2D eigenvalue weighted by atomic mass is 16.4. The highest BCUT2D eigenvalue weighted by Crippen LogP contribution is 2.28. The molecular weight excluding hydrogens is 234 g/mol. The predicted molar refractivity (Wildman–Crippen MR) is 64.6 cm³/mol. The molecule has 2 rings (SSSR count). The Kier molecular flexibility index (Phi) is 3.34. The van der Waals surface area contributed by atoms with Crippen LogP contribution in [0.3, 0.4) is 0 Å². The first kappa shape index (κ1) is 12.6. The van der Waals surface area contributed by atoms with Crippen LogP contribution in [0.25, 0.3) is 0 Å². The van der Waals surface area contributed by atoms with E-state index >= 15 is 0 Å². The van der Waals surface area contributed by atoms with Crippen molar-refractivity contribution in [1.82, 2.24) is 5.32 Å². The standard InChI is InChI=1S/C13H15NO4/c1-7-2-3-8(4-10(7)13(17)18)11-5-9(6-14-11)12(15)16/h2-4,9,11,14H,5-6H2,1H3,(H,15,16)(H,17,18). The third-order valence-corrected chi connectivity index (χ3v) is 3.37. The molecule has 5 nitrogen and oxygen atoms in total. The molecule has 1 aromatic rings. The number of rotatable bonds is 3. The number of carbonyl (C=O) groups is 2. The van der Waals surface area contributed by atoms with Gasteiger partial charge in [-0.05, 0) is 30.5 Å². The lowest BCUT2D eigenvalue weighted by molar-refractivity contribution is -0.141. The van der Waals surface area contributed by atoms with Gasteiger partial charge in [0.1, 0.15) is 0 Å². The van der Waals surface area contributed by atoms with E-state index in [9.17, 15) is 9.59 Å². The van der Waals surface area contributed by atoms with Crippen LogP contribution in [-0.4, -0.2) is 28.7 Å². The molecule has 0 radical (unpaired) electrons. The lowest BCUT2D eigenvalue weighted by atomic mass is 9.97. The van der Waals surface area contributed by atoms with Crippen molar-refractivity contribution in [2.24, 2.45) is 5.92 Å². The lowest BCUT2D eigenvalue weighted by Gasteiger charge is -2.12. The highest BCUT2D eigenvalue weighted by Gasteiger charge is 2.30. The fourth-order valence-electron chi connectivity index (χ4n) is 2.26. The summed E-state index contributed by atoms with van der Waals surface area (Å²) in [7, 11) is 0. The second kappa shape index (κ2) is 4.78. The molecule has 5 heteroatoms. The smallest absolute Gasteiger partial charge is 0.335 e. The zero-order chi connectivity index (χ0) is 13.3. The monoisotopic (exact) mass is 249 g/mol. The van der Waals surface area contributed by atoms with Gasteiger partial charge in [0, 0.05) is 12.6 Å². The van der Waals surface area contributed by atoms with E-state index in [0.717, 1.165) is 5.56 Å². The summed E-state index contributed by atoms with van der Waals surface area (Å²) < 4.78 is 0. The Labute approximate surface area is 104 Å². The average Bonchev–Trinajstić information content (AvgIpc) is 2.78. The molecule has 3 N–H and O–H groups in total. The van der Waals surface area contributed by atoms with E-state index in [1.165, 1.54) is 0 Å². The summed E-state index contributed by atoms with van der Waals surface area (Å²) in [5.74, 6) is -2.16. The molecule has 18 heavy (non-hydrogen) atoms. The largest absolute Gasteiger partial charge is 0.481 e. The molecule has 0 bridgehead atoms. The van der Waals surface area contributed by atoms with Gasteiger partial charge in [-0.25, -0.2) is 4.79 Å². The first-order valence-electron chi connectivity index (χ1n) is 5.79. The van der Waals surface area contributed by atoms with Crippen molar-refractivity contribution in [2.45, 2.75) is 19.4 Å². The van der Waals surface area contributed by atoms with Crippen molar-refractivity contribution in [1.29, 1.82) is 0 Å². The quantitative estimate of drug-likeness (QED) is 0.754. The molecule has 1 aliphatic rings. The van der Waals surface area contributed by atoms with E-state index in [2.05, 4.69) is 5.32 Å². The van der Waals surface area contributed by atoms with E-state index in [1.54, 1.807) is 19.1 Å². The molecule has 0 aromatic heterocycles. The SMILES string of the molecule is Cc1ccc(C2CC(C(=O)O)CN2)cc1C(=O)O. The lowest BCUT2D eigenvalue weighted by Crippen LogP contribution is -2.17. The number of hydrogen-bond donors (Lipinski definition) is 3. The van der Waals surface area contributed by atoms with Crippen LogP contribution in [0.2, 0.25) is 0 Å². The molecular formula is C13H15NO4. The summed E-state index contributed by atoms with van der Waals surface area (Å²) in [6.07, 6.45) is 0.497. The maximum atomic E-state index is 11.0. The third-order valence-electron chi connectivity index (χ3n) is 3.37. The van der Waals surface area contributed by atoms with Crippen LogP contribution in [0.4, 0.5) is 0 Å². The van der Waals surface area contributed by atoms with Crippen LogP contribution >= 0.6 is 0 Å². The molecule has 0 spiro atoms. The second-order valence-electron chi connectivity index (χ2n) is 4.61. The number of aliphatic carboxylic acids is 1. The molecule has 1 saturated heterocycles. The van der Waals surface area contributed by atoms with Crippen LogP contribution in [0, 0.1) is 12.8 Å². The van der Waals surface area contributed by atoms with Crippen molar-refractivity contribution in [3.8, 4) is 0 Å². The van der Waals surface area contributed by atoms with Crippen LogP contribution < -0.4 is 5.32 Å². The topological polar surface area (TPSA) is 86.6 Å². The maximum absolute atomic E-state index is 11.0. The van der Waals surface area contributed by atoms with E-state index in [-0.39, 0.29) is 11.6 Å². The molecule has 2 atom stereocenters. The van der Waals surface area contributed by atoms with Crippen LogP contribution in [0.5, 0.6) is 0 Å². The van der Waals surface area contributed by atoms with E-state index < -0.39 is 17.9 Å². The summed E-state index contributed by atoms with van der Waals surface area (Å²) in [5.41, 5.74) is 1.81. The van der Waals surface area contributed by atoms with Crippen molar-refractivity contribution >= 4 is 11.9 Å². The van der Waals surface area contributed by atoms with Gasteiger partial charge in [0.25, 0.3) is 0 Å². The summed E-state index contributed by atoms with van der Waals surface area (Å²) in [5, 5.41) is 21.1. The summed E-state index contributed by atoms with van der Waals surface area (Å²) in [4.78, 5) is 21.9. The molecule has 2 unspecified atom stereocenters. The summed E-state index contributed by atoms with van der Waals surface area (Å²) in [6, 6.07) is 5.16. The Hall–Kier alpha value is -1.88. The molecule has 0 saturated carbocycles. The Bertz CT molecular complexity index is 498. The summed E-state index contributed by atoms with van der Waals surface area (Å²) in [6.45, 7) is 2.17. The Morgan fingerprint density at radius 1 is 1.33 bits per heavy atom. The first-order chi connectivity index (χ1) is 8.49. The van der Waals surface area contributed by atoms with Gasteiger partial charge < -0.3 is 15.5 Å². The Morgan fingerprint density at radius 2 is 2.06 bits per heavy atom. The average molecular weight is 249 g/mol. The van der Waals surface area contributed by atoms with Gasteiger partial charge in [-0.1, -0.05) is 12.1 Å². The van der Waals surface area contributed by atoms with Crippen molar-refractivity contribution < 1.29 is 19.8 Å². The van der Waals surface area contributed by atoms with Gasteiger partial charge >= 0.3 is 11.9 Å². The van der Waals surface area contributed by atoms with Crippen LogP contribution in [-0.2, 0) is 4.79 Å². The number of nitrogens with one attached hydrogen (secondary N) is 1. The normalized spacial score (nSPS) is 22.9. The number of carboxylic acid groups (broad SMARTS) is 2. The van der Waals surface area contributed by atoms with Gasteiger partial charge in [0.05, 0.1) is 11.5 Å². The minimum atomic E-state index is -0.956. The number of carboxylic acids is 2. The molecule has 1 aliphatic heterocycles. The van der Waals surface area contributed by atoms with Gasteiger partial charge in [0.2, 0.25) is 0 Å². The van der Waals surface area contributed by atoms with E-state index in [4.69, 9.17) is 10.2 Å². The van der Waals surface area contributed by atoms with Crippen molar-refractivity contribution in [2.75, 3.05) is 6.54 Å². The molecule has 1 aromatic carbocycles. The van der Waals surface area contributed by atoms with E-state index in [1.807, 2.05) is 6.07 Å². The van der Waals surface area contributed by atoms with Crippen molar-refractivity contribution in [3.63, 3.8) is 0 Å². The fourth-order valence-corrected chi connectivity index (χ4v) is 2.26. The van der Waals surface area contributed by atoms with Gasteiger partial charge in [-0.2, -0.15) is 0 Å². The van der Waals surface area contributed by atoms with Gasteiger partial charge in [0.15, 0.2) is 0 Å². The van der Waals surface area contributed by atoms with E-state index in [0.29, 0.717) is 18.5 Å². The minimum absolute atomic E-state index is 0.0789. The highest BCUT2D eigenvalue weighted by molar-refractivity contribution is 5.89. The first-order valence-corrected chi connectivity index (χ1v) is 5.79. The number of aryl methyl sites for hydroxylation is 1. The number of hydrogen-bond acceptors (Lipinski definition) is 3. The van der Waals surface area contributed by atoms with Crippen molar-refractivity contribution in [3.05, 3.63) is 34.9 Å². The van der Waals surface area contributed by atoms with Gasteiger partial charge in [-0.15, -0.1) is 0 Å². The zero-order valence-electron chi connectivity index (χ0n) is 10.0. The molecule has 1 fully saturated rings. The Balaban J connectivity index is 2.22. The van der Waals surface area contributed by atoms with Crippen LogP contribution in [0.15, 0.2) is 18.2 Å². The zero-order valence-corrected chi connectivity index (χ0v) is 10.0. The predicted octanol–water partition coefficient (Wildman–Crippen LogP) is 1.43. The Morgan fingerprint density at radius 3 is 2.61 bits per heavy atom. The van der Waals surface area contributed by atoms with Gasteiger partial charge in [-0.3, -0.25) is 4.79 Å². The molecule has 1 heterocycles. The maximum Gasteiger partial charge on any atom is 0.335 e. The molecule has 0 amide bonds. The number of aromatic carboxylic acids is 1. The molecule has 0 aliphatic carbocycles. The number of benzene rings is 1. The summed E-state index contributed by atoms with van der Waals surface area (Å²) >= 11 is 0. The fraction of sp³-hybridized carbons (Fsp3) is 0.385. The minimum Gasteiger partial charge on any atom is -0.481 e. The van der Waals surface area contributed by atoms with Crippen LogP contribution in [0.1, 0.15) is 33.9 Å². The molecule has 96 valence electrons. The second-order valence-corrected chi connectivity index (χ2v) is 4.61. The third kappa shape index (κ3) is 2.36.